The largest absolute Gasteiger partial charge is 0.0801 e. The fraction of sp³-hybridized carbons (Fsp3) is 0.0769. The molecular weight excluding hydrogens is 156 g/mol. The standard InChI is InChI=1S/C13H12/c1-2-6-12(7-3-1)10-11-13-8-4-5-9-13/h1-4,6-11H,5H2. The van der Waals surface area contributed by atoms with Gasteiger partial charge in [-0.3, -0.25) is 0 Å². The minimum absolute atomic E-state index is 1.08. The molecule has 0 heterocycles. The molecule has 0 aromatic heterocycles. The highest BCUT2D eigenvalue weighted by Crippen LogP contribution is 2.12. The summed E-state index contributed by atoms with van der Waals surface area (Å²) in [6.45, 7) is 0. The van der Waals surface area contributed by atoms with Crippen molar-refractivity contribution in [2.75, 3.05) is 0 Å². The molecule has 0 fully saturated rings. The summed E-state index contributed by atoms with van der Waals surface area (Å²) >= 11 is 0. The number of hydrogen-bond donors (Lipinski definition) is 0. The second-order valence-corrected chi connectivity index (χ2v) is 3.09. The summed E-state index contributed by atoms with van der Waals surface area (Å²) in [5.74, 6) is 0. The Hall–Kier alpha value is -1.56. The highest BCUT2D eigenvalue weighted by atomic mass is 14.0. The molecule has 1 aromatic carbocycles. The van der Waals surface area contributed by atoms with Crippen LogP contribution in [-0.2, 0) is 0 Å². The van der Waals surface area contributed by atoms with Crippen molar-refractivity contribution in [3.8, 4) is 0 Å². The Labute approximate surface area is 78.9 Å². The van der Waals surface area contributed by atoms with Crippen LogP contribution in [0.15, 0.2) is 60.2 Å². The van der Waals surface area contributed by atoms with Crippen molar-refractivity contribution in [1.82, 2.24) is 0 Å². The molecule has 13 heavy (non-hydrogen) atoms. The van der Waals surface area contributed by atoms with Gasteiger partial charge in [0.05, 0.1) is 0 Å². The average Bonchev–Trinajstić information content (AvgIpc) is 2.69. The minimum Gasteiger partial charge on any atom is -0.0801 e. The van der Waals surface area contributed by atoms with Gasteiger partial charge in [0.25, 0.3) is 0 Å². The zero-order chi connectivity index (χ0) is 8.93. The molecule has 0 saturated heterocycles. The molecular formula is C13H12. The van der Waals surface area contributed by atoms with Crippen molar-refractivity contribution in [3.05, 3.63) is 65.8 Å². The van der Waals surface area contributed by atoms with Gasteiger partial charge in [-0.05, 0) is 17.6 Å². The zero-order valence-electron chi connectivity index (χ0n) is 7.48. The van der Waals surface area contributed by atoms with Gasteiger partial charge in [-0.2, -0.15) is 0 Å². The van der Waals surface area contributed by atoms with Crippen LogP contribution in [0.5, 0.6) is 0 Å². The quantitative estimate of drug-likeness (QED) is 0.633. The lowest BCUT2D eigenvalue weighted by Crippen LogP contribution is -1.69. The van der Waals surface area contributed by atoms with Crippen molar-refractivity contribution in [1.29, 1.82) is 0 Å². The van der Waals surface area contributed by atoms with Gasteiger partial charge in [-0.25, -0.2) is 0 Å². The number of hydrogen-bond acceptors (Lipinski definition) is 0. The molecule has 0 atom stereocenters. The van der Waals surface area contributed by atoms with E-state index in [2.05, 4.69) is 54.6 Å². The van der Waals surface area contributed by atoms with Crippen molar-refractivity contribution < 1.29 is 0 Å². The van der Waals surface area contributed by atoms with Crippen molar-refractivity contribution in [2.45, 2.75) is 6.42 Å². The summed E-state index contributed by atoms with van der Waals surface area (Å²) in [7, 11) is 0. The van der Waals surface area contributed by atoms with E-state index in [1.807, 2.05) is 6.07 Å². The maximum Gasteiger partial charge on any atom is -0.0157 e. The molecule has 64 valence electrons. The van der Waals surface area contributed by atoms with Gasteiger partial charge in [0.1, 0.15) is 0 Å². The summed E-state index contributed by atoms with van der Waals surface area (Å²) in [5.41, 5.74) is 2.56. The Morgan fingerprint density at radius 1 is 1.00 bits per heavy atom. The van der Waals surface area contributed by atoms with Crippen LogP contribution in [0.2, 0.25) is 0 Å². The van der Waals surface area contributed by atoms with Gasteiger partial charge in [0, 0.05) is 0 Å². The normalized spacial score (nSPS) is 15.2. The molecule has 0 aliphatic heterocycles. The Balaban J connectivity index is 2.10. The van der Waals surface area contributed by atoms with Crippen LogP contribution in [0, 0.1) is 0 Å². The van der Waals surface area contributed by atoms with Gasteiger partial charge in [-0.15, -0.1) is 0 Å². The SMILES string of the molecule is C1=CC(C=Cc2ccccc2)=CC1. The first kappa shape index (κ1) is 8.06. The highest BCUT2D eigenvalue weighted by Gasteiger charge is 1.91. The number of benzene rings is 1. The van der Waals surface area contributed by atoms with Crippen LogP contribution >= 0.6 is 0 Å². The number of rotatable bonds is 2. The van der Waals surface area contributed by atoms with Crippen LogP contribution in [0.1, 0.15) is 12.0 Å². The molecule has 1 aliphatic rings. The van der Waals surface area contributed by atoms with Crippen LogP contribution in [0.4, 0.5) is 0 Å². The molecule has 1 aliphatic carbocycles. The summed E-state index contributed by atoms with van der Waals surface area (Å²) in [6, 6.07) is 10.4. The molecule has 0 saturated carbocycles. The first-order valence-corrected chi connectivity index (χ1v) is 4.55. The zero-order valence-corrected chi connectivity index (χ0v) is 7.48. The maximum atomic E-state index is 2.22. The predicted octanol–water partition coefficient (Wildman–Crippen LogP) is 3.59. The minimum atomic E-state index is 1.08. The summed E-state index contributed by atoms with van der Waals surface area (Å²) < 4.78 is 0. The molecule has 0 N–H and O–H groups in total. The molecule has 0 unspecified atom stereocenters. The van der Waals surface area contributed by atoms with Gasteiger partial charge in [0.15, 0.2) is 0 Å². The number of allylic oxidation sites excluding steroid dienone is 5. The van der Waals surface area contributed by atoms with Crippen LogP contribution in [-0.4, -0.2) is 0 Å². The third-order valence-electron chi connectivity index (χ3n) is 2.07. The van der Waals surface area contributed by atoms with Crippen LogP contribution in [0.25, 0.3) is 6.08 Å². The van der Waals surface area contributed by atoms with E-state index >= 15 is 0 Å². The fourth-order valence-corrected chi connectivity index (χ4v) is 1.36. The summed E-state index contributed by atoms with van der Waals surface area (Å²) in [6.07, 6.45) is 11.9. The highest BCUT2D eigenvalue weighted by molar-refractivity contribution is 5.55. The molecule has 0 nitrogen and oxygen atoms in total. The van der Waals surface area contributed by atoms with Crippen molar-refractivity contribution in [3.63, 3.8) is 0 Å². The Bertz CT molecular complexity index is 353. The van der Waals surface area contributed by atoms with Gasteiger partial charge in [0.2, 0.25) is 0 Å². The first-order valence-electron chi connectivity index (χ1n) is 4.55. The Morgan fingerprint density at radius 3 is 2.54 bits per heavy atom. The van der Waals surface area contributed by atoms with Gasteiger partial charge < -0.3 is 0 Å². The van der Waals surface area contributed by atoms with E-state index in [0.29, 0.717) is 0 Å². The summed E-state index contributed by atoms with van der Waals surface area (Å²) in [5, 5.41) is 0. The Kier molecular flexibility index (Phi) is 2.42. The second-order valence-electron chi connectivity index (χ2n) is 3.09. The first-order chi connectivity index (χ1) is 6.45. The molecule has 0 bridgehead atoms. The van der Waals surface area contributed by atoms with E-state index in [-0.39, 0.29) is 0 Å². The van der Waals surface area contributed by atoms with Crippen LogP contribution < -0.4 is 0 Å². The molecule has 0 amide bonds. The van der Waals surface area contributed by atoms with E-state index in [0.717, 1.165) is 6.42 Å². The lowest BCUT2D eigenvalue weighted by atomic mass is 10.2. The summed E-state index contributed by atoms with van der Waals surface area (Å²) in [4.78, 5) is 0. The Morgan fingerprint density at radius 2 is 1.85 bits per heavy atom. The molecule has 0 radical (unpaired) electrons. The lowest BCUT2D eigenvalue weighted by molar-refractivity contribution is 1.44. The van der Waals surface area contributed by atoms with Gasteiger partial charge >= 0.3 is 0 Å². The predicted molar refractivity (Wildman–Crippen MR) is 57.3 cm³/mol. The molecule has 0 heteroatoms. The van der Waals surface area contributed by atoms with Crippen LogP contribution in [0.3, 0.4) is 0 Å². The second kappa shape index (κ2) is 3.90. The molecule has 2 rings (SSSR count). The van der Waals surface area contributed by atoms with Gasteiger partial charge in [-0.1, -0.05) is 60.7 Å². The smallest absolute Gasteiger partial charge is 0.0157 e. The monoisotopic (exact) mass is 168 g/mol. The third-order valence-corrected chi connectivity index (χ3v) is 2.07. The van der Waals surface area contributed by atoms with Crippen molar-refractivity contribution in [2.24, 2.45) is 0 Å². The fourth-order valence-electron chi connectivity index (χ4n) is 1.36. The van der Waals surface area contributed by atoms with E-state index in [1.54, 1.807) is 0 Å². The molecule has 0 spiro atoms. The van der Waals surface area contributed by atoms with E-state index in [9.17, 15) is 0 Å². The van der Waals surface area contributed by atoms with E-state index in [4.69, 9.17) is 0 Å². The van der Waals surface area contributed by atoms with Crippen molar-refractivity contribution >= 4 is 6.08 Å². The maximum absolute atomic E-state index is 2.22. The van der Waals surface area contributed by atoms with E-state index in [1.165, 1.54) is 11.1 Å². The molecule has 1 aromatic rings. The third kappa shape index (κ3) is 2.19. The average molecular weight is 168 g/mol. The lowest BCUT2D eigenvalue weighted by Gasteiger charge is -1.91. The topological polar surface area (TPSA) is 0 Å². The van der Waals surface area contributed by atoms with E-state index < -0.39 is 0 Å².